The molecule has 0 saturated carbocycles. The molecule has 2 aromatic carbocycles. The van der Waals surface area contributed by atoms with Gasteiger partial charge in [-0.05, 0) is 36.4 Å². The monoisotopic (exact) mass is 414 g/mol. The van der Waals surface area contributed by atoms with Crippen molar-refractivity contribution in [1.82, 2.24) is 9.21 Å². The molecule has 0 bridgehead atoms. The number of alkyl halides is 3. The van der Waals surface area contributed by atoms with Crippen molar-refractivity contribution in [2.45, 2.75) is 11.1 Å². The molecule has 0 aromatic heterocycles. The zero-order valence-electron chi connectivity index (χ0n) is 14.6. The second-order valence-corrected chi connectivity index (χ2v) is 8.14. The van der Waals surface area contributed by atoms with Gasteiger partial charge in [0.25, 0.3) is 5.91 Å². The van der Waals surface area contributed by atoms with Gasteiger partial charge in [0.05, 0.1) is 10.5 Å². The third-order valence-corrected chi connectivity index (χ3v) is 6.41. The van der Waals surface area contributed by atoms with Crippen LogP contribution in [-0.4, -0.2) is 54.8 Å². The van der Waals surface area contributed by atoms with Crippen LogP contribution in [0.5, 0.6) is 5.75 Å². The molecule has 1 fully saturated rings. The Kier molecular flexibility index (Phi) is 5.35. The number of sulfonamides is 1. The fraction of sp³-hybridized carbons (Fsp3) is 0.278. The molecule has 1 saturated heterocycles. The molecule has 0 unspecified atom stereocenters. The lowest BCUT2D eigenvalue weighted by Gasteiger charge is -2.34. The Bertz CT molecular complexity index is 967. The highest BCUT2D eigenvalue weighted by atomic mass is 32.2. The Hall–Kier alpha value is -2.59. The molecular formula is C18H17F3N2O4S. The van der Waals surface area contributed by atoms with Crippen LogP contribution < -0.4 is 0 Å². The summed E-state index contributed by atoms with van der Waals surface area (Å²) in [5.41, 5.74) is -0.880. The number of phenols is 1. The Balaban J connectivity index is 1.76. The highest BCUT2D eigenvalue weighted by Crippen LogP contribution is 2.35. The minimum Gasteiger partial charge on any atom is -0.508 e. The molecule has 1 heterocycles. The number of amides is 1. The summed E-state index contributed by atoms with van der Waals surface area (Å²) < 4.78 is 66.0. The quantitative estimate of drug-likeness (QED) is 0.838. The van der Waals surface area contributed by atoms with Crippen LogP contribution in [0.25, 0.3) is 0 Å². The molecular weight excluding hydrogens is 397 g/mol. The van der Waals surface area contributed by atoms with E-state index < -0.39 is 26.7 Å². The number of halogens is 3. The predicted octanol–water partition coefficient (Wildman–Crippen LogP) is 2.56. The number of hydrogen-bond donors (Lipinski definition) is 1. The molecule has 0 spiro atoms. The van der Waals surface area contributed by atoms with E-state index in [-0.39, 0.29) is 37.8 Å². The molecule has 2 aromatic rings. The van der Waals surface area contributed by atoms with Crippen LogP contribution in [0, 0.1) is 0 Å². The number of phenolic OH excluding ortho intramolecular Hbond substituents is 1. The van der Waals surface area contributed by atoms with E-state index in [0.717, 1.165) is 22.5 Å². The minimum atomic E-state index is -4.79. The lowest BCUT2D eigenvalue weighted by atomic mass is 10.2. The maximum absolute atomic E-state index is 13.2. The van der Waals surface area contributed by atoms with Crippen LogP contribution >= 0.6 is 0 Å². The Morgan fingerprint density at radius 3 is 2.07 bits per heavy atom. The molecule has 0 atom stereocenters. The average Bonchev–Trinajstić information content (AvgIpc) is 2.67. The van der Waals surface area contributed by atoms with Gasteiger partial charge in [-0.1, -0.05) is 12.1 Å². The van der Waals surface area contributed by atoms with Crippen molar-refractivity contribution in [1.29, 1.82) is 0 Å². The number of hydrogen-bond acceptors (Lipinski definition) is 4. The summed E-state index contributed by atoms with van der Waals surface area (Å²) in [6, 6.07) is 9.66. The number of aromatic hydroxyl groups is 1. The zero-order chi connectivity index (χ0) is 20.5. The first-order valence-electron chi connectivity index (χ1n) is 8.35. The SMILES string of the molecule is O=C(c1ccc(O)cc1)N1CCN(S(=O)(=O)c2ccccc2C(F)(F)F)CC1. The lowest BCUT2D eigenvalue weighted by molar-refractivity contribution is -0.139. The van der Waals surface area contributed by atoms with E-state index in [0.29, 0.717) is 5.56 Å². The largest absolute Gasteiger partial charge is 0.508 e. The van der Waals surface area contributed by atoms with Gasteiger partial charge in [0.1, 0.15) is 5.75 Å². The summed E-state index contributed by atoms with van der Waals surface area (Å²) in [7, 11) is -4.35. The van der Waals surface area contributed by atoms with Crippen molar-refractivity contribution < 1.29 is 31.5 Å². The van der Waals surface area contributed by atoms with Crippen LogP contribution in [0.2, 0.25) is 0 Å². The van der Waals surface area contributed by atoms with Gasteiger partial charge in [0.15, 0.2) is 0 Å². The lowest BCUT2D eigenvalue weighted by Crippen LogP contribution is -2.50. The number of nitrogens with zero attached hydrogens (tertiary/aromatic N) is 2. The number of piperazine rings is 1. The second kappa shape index (κ2) is 7.44. The van der Waals surface area contributed by atoms with Gasteiger partial charge in [0.2, 0.25) is 10.0 Å². The third-order valence-electron chi connectivity index (χ3n) is 4.45. The van der Waals surface area contributed by atoms with E-state index in [4.69, 9.17) is 0 Å². The van der Waals surface area contributed by atoms with Gasteiger partial charge in [-0.2, -0.15) is 17.5 Å². The molecule has 6 nitrogen and oxygen atoms in total. The standard InChI is InChI=1S/C18H17F3N2O4S/c19-18(20,21)15-3-1-2-4-16(15)28(26,27)23-11-9-22(10-12-23)17(25)13-5-7-14(24)8-6-13/h1-8,24H,9-12H2. The fourth-order valence-electron chi connectivity index (χ4n) is 2.98. The summed E-state index contributed by atoms with van der Waals surface area (Å²) in [5, 5.41) is 9.28. The maximum atomic E-state index is 13.2. The van der Waals surface area contributed by atoms with E-state index in [9.17, 15) is 31.5 Å². The first-order chi connectivity index (χ1) is 13.1. The molecule has 1 N–H and O–H groups in total. The molecule has 1 aliphatic rings. The Labute approximate surface area is 159 Å². The summed E-state index contributed by atoms with van der Waals surface area (Å²) in [4.78, 5) is 13.1. The molecule has 1 amide bonds. The third kappa shape index (κ3) is 3.97. The van der Waals surface area contributed by atoms with Crippen LogP contribution in [-0.2, 0) is 16.2 Å². The molecule has 3 rings (SSSR count). The summed E-state index contributed by atoms with van der Waals surface area (Å²) in [5.74, 6) is -0.330. The molecule has 10 heteroatoms. The predicted molar refractivity (Wildman–Crippen MR) is 94.2 cm³/mol. The fourth-order valence-corrected chi connectivity index (χ4v) is 4.62. The van der Waals surface area contributed by atoms with E-state index in [1.807, 2.05) is 0 Å². The van der Waals surface area contributed by atoms with Crippen molar-refractivity contribution in [2.24, 2.45) is 0 Å². The number of rotatable bonds is 3. The summed E-state index contributed by atoms with van der Waals surface area (Å²) in [6.07, 6.45) is -4.79. The van der Waals surface area contributed by atoms with Crippen LogP contribution in [0.1, 0.15) is 15.9 Å². The van der Waals surface area contributed by atoms with Gasteiger partial charge in [0, 0.05) is 31.7 Å². The van der Waals surface area contributed by atoms with Crippen LogP contribution in [0.4, 0.5) is 13.2 Å². The normalized spacial score (nSPS) is 16.2. The number of carbonyl (C=O) groups is 1. The van der Waals surface area contributed by atoms with Crippen molar-refractivity contribution in [3.05, 3.63) is 59.7 Å². The van der Waals surface area contributed by atoms with E-state index in [1.165, 1.54) is 35.2 Å². The minimum absolute atomic E-state index is 0.00999. The molecule has 0 radical (unpaired) electrons. The first kappa shape index (κ1) is 20.2. The summed E-state index contributed by atoms with van der Waals surface area (Å²) >= 11 is 0. The van der Waals surface area contributed by atoms with Gasteiger partial charge >= 0.3 is 6.18 Å². The zero-order valence-corrected chi connectivity index (χ0v) is 15.4. The highest BCUT2D eigenvalue weighted by Gasteiger charge is 2.39. The highest BCUT2D eigenvalue weighted by molar-refractivity contribution is 7.89. The average molecular weight is 414 g/mol. The number of benzene rings is 2. The van der Waals surface area contributed by atoms with Crippen LogP contribution in [0.15, 0.2) is 53.4 Å². The second-order valence-electron chi connectivity index (χ2n) is 6.24. The smallest absolute Gasteiger partial charge is 0.417 e. The van der Waals surface area contributed by atoms with Gasteiger partial charge in [-0.3, -0.25) is 4.79 Å². The molecule has 0 aliphatic carbocycles. The van der Waals surface area contributed by atoms with Crippen molar-refractivity contribution in [3.8, 4) is 5.75 Å². The molecule has 1 aliphatic heterocycles. The van der Waals surface area contributed by atoms with E-state index >= 15 is 0 Å². The van der Waals surface area contributed by atoms with Gasteiger partial charge < -0.3 is 10.0 Å². The van der Waals surface area contributed by atoms with E-state index in [2.05, 4.69) is 0 Å². The first-order valence-corrected chi connectivity index (χ1v) is 9.79. The Morgan fingerprint density at radius 2 is 1.50 bits per heavy atom. The van der Waals surface area contributed by atoms with E-state index in [1.54, 1.807) is 0 Å². The molecule has 150 valence electrons. The number of carbonyl (C=O) groups excluding carboxylic acids is 1. The maximum Gasteiger partial charge on any atom is 0.417 e. The summed E-state index contributed by atoms with van der Waals surface area (Å²) in [6.45, 7) is -0.128. The Morgan fingerprint density at radius 1 is 0.929 bits per heavy atom. The van der Waals surface area contributed by atoms with Crippen LogP contribution in [0.3, 0.4) is 0 Å². The topological polar surface area (TPSA) is 77.9 Å². The van der Waals surface area contributed by atoms with Crippen molar-refractivity contribution in [3.63, 3.8) is 0 Å². The van der Waals surface area contributed by atoms with Gasteiger partial charge in [-0.15, -0.1) is 0 Å². The van der Waals surface area contributed by atoms with Crippen molar-refractivity contribution >= 4 is 15.9 Å². The molecule has 28 heavy (non-hydrogen) atoms. The van der Waals surface area contributed by atoms with Gasteiger partial charge in [-0.25, -0.2) is 8.42 Å². The van der Waals surface area contributed by atoms with Crippen molar-refractivity contribution in [2.75, 3.05) is 26.2 Å².